The molecule has 0 spiro atoms. The van der Waals surface area contributed by atoms with Crippen LogP contribution in [0.2, 0.25) is 406 Å². The Bertz CT molecular complexity index is 3090. The molecule has 0 aromatic carbocycles. The van der Waals surface area contributed by atoms with Gasteiger partial charge < -0.3 is 78.2 Å². The van der Waals surface area contributed by atoms with Gasteiger partial charge in [-0.3, -0.25) is 0 Å². The summed E-state index contributed by atoms with van der Waals surface area (Å²) in [5, 5.41) is 0. The molecule has 0 amide bonds. The van der Waals surface area contributed by atoms with Gasteiger partial charge in [-0.15, -0.1) is 0 Å². The van der Waals surface area contributed by atoms with E-state index in [4.69, 9.17) is 78.2 Å². The van der Waals surface area contributed by atoms with Gasteiger partial charge in [0, 0.05) is 38.3 Å². The Morgan fingerprint density at radius 3 is 0.559 bits per heavy atom. The van der Waals surface area contributed by atoms with Crippen LogP contribution in [0.15, 0.2) is 0 Å². The lowest BCUT2D eigenvalue weighted by Crippen LogP contribution is -2.65. The van der Waals surface area contributed by atoms with E-state index in [1.165, 1.54) is 31.7 Å². The number of hydrogen-bond donors (Lipinski definition) is 0. The van der Waals surface area contributed by atoms with Crippen molar-refractivity contribution in [2.45, 2.75) is 548 Å². The fourth-order valence-corrected chi connectivity index (χ4v) is 165. The van der Waals surface area contributed by atoms with Gasteiger partial charge in [-0.2, -0.15) is 0 Å². The van der Waals surface area contributed by atoms with Gasteiger partial charge >= 0.3 is 129 Å². The third-order valence-electron chi connectivity index (χ3n) is 21.9. The lowest BCUT2D eigenvalue weighted by molar-refractivity contribution is 0.226. The first-order valence-corrected chi connectivity index (χ1v) is 131. The minimum absolute atomic E-state index is 0.575. The van der Waals surface area contributed by atoms with Crippen LogP contribution in [-0.4, -0.2) is 219 Å². The lowest BCUT2D eigenvalue weighted by atomic mass is 10.2. The molecule has 0 aromatic heterocycles. The highest BCUT2D eigenvalue weighted by atomic mass is 28.6. The first-order valence-electron chi connectivity index (χ1n) is 53.6. The van der Waals surface area contributed by atoms with Crippen molar-refractivity contribution in [3.05, 3.63) is 0 Å². The van der Waals surface area contributed by atoms with E-state index in [2.05, 4.69) is 444 Å². The quantitative estimate of drug-likeness (QED) is 0.0528. The maximum absolute atomic E-state index is 6.67. The predicted molar refractivity (Wildman–Crippen MR) is 665 cm³/mol. The first-order chi connectivity index (χ1) is 59.2. The molecule has 7 atom stereocenters. The van der Waals surface area contributed by atoms with Crippen molar-refractivity contribution >= 4 is 219 Å². The van der Waals surface area contributed by atoms with Crippen LogP contribution in [0, 0.1) is 41.4 Å². The van der Waals surface area contributed by atoms with Crippen LogP contribution in [0.25, 0.3) is 0 Å². The van der Waals surface area contributed by atoms with Crippen LogP contribution < -0.4 is 0 Å². The van der Waals surface area contributed by atoms with Gasteiger partial charge in [0.2, 0.25) is 0 Å². The molecule has 3 aliphatic rings. The van der Waals surface area contributed by atoms with Gasteiger partial charge in [0.15, 0.2) is 58.2 Å². The monoisotopic (exact) mass is 2370 g/mol. The molecule has 45 heteroatoms. The Hall–Kier alpha value is 4.88. The van der Waals surface area contributed by atoms with Crippen molar-refractivity contribution in [1.82, 2.24) is 0 Å². The van der Waals surface area contributed by atoms with Crippen LogP contribution in [-0.2, 0) is 78.2 Å². The number of hydrogen-bond acceptors (Lipinski definition) is 19. The second-order valence-corrected chi connectivity index (χ2v) is 166. The van der Waals surface area contributed by atoms with Crippen molar-refractivity contribution in [2.24, 2.45) is 41.4 Å². The molecule has 824 valence electrons. The van der Waals surface area contributed by atoms with Gasteiger partial charge in [0.05, 0.1) is 0 Å². The molecule has 0 saturated carbocycles. The van der Waals surface area contributed by atoms with E-state index in [9.17, 15) is 0 Å². The second kappa shape index (κ2) is 56.8. The zero-order valence-electron chi connectivity index (χ0n) is 104. The molecule has 0 aliphatic carbocycles. The van der Waals surface area contributed by atoms with Gasteiger partial charge in [-0.1, -0.05) is 224 Å². The maximum Gasteiger partial charge on any atom is 0.469 e. The minimum Gasteiger partial charge on any atom is -0.437 e. The summed E-state index contributed by atoms with van der Waals surface area (Å²) >= 11 is 0. The standard InChI is InChI=1S/C17H44Si4.C14H38O5Si5.C14H38O3Si4.C12H32O4Si4.2C12H32O2Si3.C10H26O3Si3/c1-12-17(2)13-21(14-18(3,4)5,15-19(6,7)8)16-20(9,10)11;1-12-14(2)13-24(11)18-22(7,8)16-20(3,4)15-21(5,6)17-23(9,10)19-24;1-12-14(2)13-21(15-18(3,4)5,16-19(6,7)8)17-20(9,10)11;1-10-12(2)11-20(9)15-18(5,6)13-17(3,4)14-19(7,8)16-20;1-10-12(2)11-16(6,7)14-17(8,9)13-15(3,4)5;1-10-12(2)11-17(9,13-15(3,4)5)14-16(6,7)8;1-8-10(2)9-16(7)12-14(3,4)11-15(5,6)13-16/h17H,12-16H2,1-11H3;14H,12-13H2,1-11H3;14H,12-13H2,1-11H3;12H,10-11H2,1-9H3;2*12H,10-11H2,1-9H3;10H,8-9H2,1-7H3. The number of rotatable bonds is 41. The van der Waals surface area contributed by atoms with Crippen molar-refractivity contribution in [3.63, 3.8) is 0 Å². The SMILES string of the molecule is CCC(C)C[Si](C)(C)O[Si](C)(C)O[Si](C)(C)C.CCC(C)C[Si](C)(O[Si](C)(C)C)O[Si](C)(C)C.CCC(C)C[Si](C[Si](C)(C)C)(C[Si](C)(C)C)C[Si](C)(C)C.CCC(C)C[Si](O[Si](C)(C)C)(O[Si](C)(C)C)O[Si](C)(C)C.CCC(C)C[Si]1(C)O[Si](C)(C)O[Si](C)(C)O1.CCC(C)C[Si]1(C)O[Si](C)(C)O[Si](C)(C)O[Si](C)(C)O1.CCC(C)C[Si]1(C)O[Si](C)(C)O[Si](C)(C)O[Si](C)(C)O[Si](C)(C)O1. The fourth-order valence-electron chi connectivity index (χ4n) is 20.9. The summed E-state index contributed by atoms with van der Waals surface area (Å²) in [7, 11) is -48.1. The topological polar surface area (TPSA) is 175 Å². The van der Waals surface area contributed by atoms with Crippen molar-refractivity contribution < 1.29 is 78.2 Å². The summed E-state index contributed by atoms with van der Waals surface area (Å²) in [4.78, 5) is 0. The average molecular weight is 2370 g/mol. The summed E-state index contributed by atoms with van der Waals surface area (Å²) < 4.78 is 123. The molecule has 3 fully saturated rings. The molecule has 3 saturated heterocycles. The zero-order valence-corrected chi connectivity index (χ0v) is 130. The molecule has 3 rings (SSSR count). The maximum atomic E-state index is 6.67. The Morgan fingerprint density at radius 2 is 0.375 bits per heavy atom. The summed E-state index contributed by atoms with van der Waals surface area (Å²) in [6, 6.07) is 8.07. The normalized spacial score (nSPS) is 21.9. The third-order valence-corrected chi connectivity index (χ3v) is 128. The minimum atomic E-state index is -2.60. The van der Waals surface area contributed by atoms with Crippen molar-refractivity contribution in [3.8, 4) is 0 Å². The summed E-state index contributed by atoms with van der Waals surface area (Å²) in [5.74, 6) is 4.90. The predicted octanol–water partition coefficient (Wildman–Crippen LogP) is 35.1. The Balaban J connectivity index is -0.000000750. The Kier molecular flexibility index (Phi) is 61.5. The molecule has 0 aromatic rings. The van der Waals surface area contributed by atoms with E-state index in [0.29, 0.717) is 29.6 Å². The highest BCUT2D eigenvalue weighted by molar-refractivity contribution is 7.08. The van der Waals surface area contributed by atoms with E-state index in [1.54, 1.807) is 23.0 Å². The molecule has 3 aliphatic heterocycles. The molecule has 0 radical (unpaired) electrons. The average Bonchev–Trinajstić information content (AvgIpc) is 0.763. The van der Waals surface area contributed by atoms with Gasteiger partial charge in [-0.25, -0.2) is 0 Å². The summed E-state index contributed by atoms with van der Waals surface area (Å²) in [6.07, 6.45) is 8.47. The van der Waals surface area contributed by atoms with E-state index in [0.717, 1.165) is 61.3 Å². The molecule has 3 heterocycles. The van der Waals surface area contributed by atoms with Crippen molar-refractivity contribution in [1.29, 1.82) is 0 Å². The smallest absolute Gasteiger partial charge is 0.437 e. The van der Waals surface area contributed by atoms with Crippen LogP contribution in [0.4, 0.5) is 0 Å². The second-order valence-electron chi connectivity index (χ2n) is 57.3. The van der Waals surface area contributed by atoms with E-state index < -0.39 is 219 Å². The van der Waals surface area contributed by atoms with E-state index in [-0.39, 0.29) is 0 Å². The molecule has 0 bridgehead atoms. The van der Waals surface area contributed by atoms with Gasteiger partial charge in [-0.05, 0) is 360 Å². The Labute approximate surface area is 878 Å². The lowest BCUT2D eigenvalue weighted by Gasteiger charge is -2.48. The summed E-state index contributed by atoms with van der Waals surface area (Å²) in [6.45, 7) is 152. The van der Waals surface area contributed by atoms with Crippen molar-refractivity contribution in [2.75, 3.05) is 0 Å². The fraction of sp³-hybridized carbons (Fsp3) is 1.00. The van der Waals surface area contributed by atoms with Crippen LogP contribution >= 0.6 is 0 Å². The molecule has 7 unspecified atom stereocenters. The van der Waals surface area contributed by atoms with Crippen LogP contribution in [0.5, 0.6) is 0 Å². The third kappa shape index (κ3) is 76.4. The molecule has 136 heavy (non-hydrogen) atoms. The zero-order chi connectivity index (χ0) is 109. The van der Waals surface area contributed by atoms with Gasteiger partial charge in [0.1, 0.15) is 0 Å². The molecule has 19 nitrogen and oxygen atoms in total. The highest BCUT2D eigenvalue weighted by Crippen LogP contribution is 2.44. The highest BCUT2D eigenvalue weighted by Gasteiger charge is 2.58. The molecular formula is C91H242O19Si26. The van der Waals surface area contributed by atoms with Crippen LogP contribution in [0.3, 0.4) is 0 Å². The largest absolute Gasteiger partial charge is 0.469 e. The van der Waals surface area contributed by atoms with Crippen LogP contribution in [0.1, 0.15) is 142 Å². The molecule has 0 N–H and O–H groups in total. The van der Waals surface area contributed by atoms with E-state index in [1.807, 2.05) is 0 Å². The van der Waals surface area contributed by atoms with E-state index >= 15 is 0 Å². The molecular weight excluding hydrogens is 2130 g/mol. The van der Waals surface area contributed by atoms with Gasteiger partial charge in [0.25, 0.3) is 0 Å². The summed E-state index contributed by atoms with van der Waals surface area (Å²) in [5.41, 5.74) is 5.08. The Morgan fingerprint density at radius 1 is 0.199 bits per heavy atom. The first kappa shape index (κ1) is 147.